The molecule has 164 valence electrons. The molecule has 1 aromatic rings. The second-order valence-electron chi connectivity index (χ2n) is 7.82. The maximum Gasteiger partial charge on any atom is 0.224 e. The Bertz CT molecular complexity index is 720. The number of piperidine rings is 1. The summed E-state index contributed by atoms with van der Waals surface area (Å²) in [4.78, 5) is 15.2. The summed E-state index contributed by atoms with van der Waals surface area (Å²) < 4.78 is 26.3. The molecule has 0 radical (unpaired) electrons. The fourth-order valence-corrected chi connectivity index (χ4v) is 5.70. The first kappa shape index (κ1) is 23.8. The van der Waals surface area contributed by atoms with Crippen molar-refractivity contribution in [2.24, 2.45) is 5.92 Å². The first-order valence-corrected chi connectivity index (χ1v) is 12.6. The van der Waals surface area contributed by atoms with Crippen LogP contribution in [0.5, 0.6) is 0 Å². The van der Waals surface area contributed by atoms with Gasteiger partial charge in [0.15, 0.2) is 0 Å². The molecule has 6 nitrogen and oxygen atoms in total. The molecular formula is C22H37N3O3S. The Balaban J connectivity index is 1.97. The molecule has 1 aliphatic heterocycles. The maximum atomic E-state index is 12.8. The molecular weight excluding hydrogens is 386 g/mol. The van der Waals surface area contributed by atoms with Gasteiger partial charge in [-0.1, -0.05) is 51.1 Å². The van der Waals surface area contributed by atoms with Gasteiger partial charge in [0.05, 0.1) is 11.7 Å². The highest BCUT2D eigenvalue weighted by atomic mass is 32.2. The van der Waals surface area contributed by atoms with Crippen LogP contribution in [0.15, 0.2) is 30.3 Å². The van der Waals surface area contributed by atoms with Crippen molar-refractivity contribution in [3.8, 4) is 0 Å². The summed E-state index contributed by atoms with van der Waals surface area (Å²) in [5, 5.41) is 3.12. The van der Waals surface area contributed by atoms with Gasteiger partial charge in [0.2, 0.25) is 15.9 Å². The SMILES string of the molecule is CCCS(=O)(=O)N1CCCC(C(=O)NCC(Cc2ccccc2)N(CC)CC)C1. The van der Waals surface area contributed by atoms with Gasteiger partial charge in [-0.15, -0.1) is 0 Å². The van der Waals surface area contributed by atoms with Crippen LogP contribution in [-0.4, -0.2) is 68.0 Å². The van der Waals surface area contributed by atoms with Crippen molar-refractivity contribution in [1.29, 1.82) is 0 Å². The van der Waals surface area contributed by atoms with Crippen LogP contribution >= 0.6 is 0 Å². The molecule has 2 unspecified atom stereocenters. The Hall–Kier alpha value is -1.44. The highest BCUT2D eigenvalue weighted by Gasteiger charge is 2.32. The predicted molar refractivity (Wildman–Crippen MR) is 118 cm³/mol. The van der Waals surface area contributed by atoms with Crippen LogP contribution in [0.3, 0.4) is 0 Å². The molecule has 1 aromatic carbocycles. The van der Waals surface area contributed by atoms with Crippen molar-refractivity contribution >= 4 is 15.9 Å². The number of likely N-dealkylation sites (N-methyl/N-ethyl adjacent to an activating group) is 1. The Kier molecular flexibility index (Phi) is 9.59. The van der Waals surface area contributed by atoms with E-state index < -0.39 is 10.0 Å². The maximum absolute atomic E-state index is 12.8. The van der Waals surface area contributed by atoms with Crippen LogP contribution < -0.4 is 5.32 Å². The quantitative estimate of drug-likeness (QED) is 0.594. The third kappa shape index (κ3) is 7.08. The minimum atomic E-state index is -3.25. The Morgan fingerprint density at radius 1 is 1.21 bits per heavy atom. The largest absolute Gasteiger partial charge is 0.354 e. The van der Waals surface area contributed by atoms with Crippen LogP contribution in [0.4, 0.5) is 0 Å². The van der Waals surface area contributed by atoms with Crippen LogP contribution in [0.25, 0.3) is 0 Å². The highest BCUT2D eigenvalue weighted by molar-refractivity contribution is 7.89. The number of nitrogens with zero attached hydrogens (tertiary/aromatic N) is 2. The van der Waals surface area contributed by atoms with E-state index >= 15 is 0 Å². The van der Waals surface area contributed by atoms with Crippen molar-refractivity contribution < 1.29 is 13.2 Å². The van der Waals surface area contributed by atoms with Crippen molar-refractivity contribution in [2.75, 3.05) is 38.5 Å². The van der Waals surface area contributed by atoms with Gasteiger partial charge in [0.25, 0.3) is 0 Å². The lowest BCUT2D eigenvalue weighted by atomic mass is 9.98. The van der Waals surface area contributed by atoms with E-state index in [1.807, 2.05) is 25.1 Å². The minimum Gasteiger partial charge on any atom is -0.354 e. The molecule has 7 heteroatoms. The average molecular weight is 424 g/mol. The second-order valence-corrected chi connectivity index (χ2v) is 9.91. The fraction of sp³-hybridized carbons (Fsp3) is 0.682. The topological polar surface area (TPSA) is 69.7 Å². The van der Waals surface area contributed by atoms with E-state index in [-0.39, 0.29) is 23.6 Å². The molecule has 0 bridgehead atoms. The van der Waals surface area contributed by atoms with Gasteiger partial charge < -0.3 is 5.32 Å². The smallest absolute Gasteiger partial charge is 0.224 e. The van der Waals surface area contributed by atoms with E-state index in [0.29, 0.717) is 26.1 Å². The lowest BCUT2D eigenvalue weighted by molar-refractivity contribution is -0.126. The molecule has 1 amide bonds. The van der Waals surface area contributed by atoms with Gasteiger partial charge in [0, 0.05) is 25.7 Å². The zero-order chi connectivity index (χ0) is 21.3. The number of amides is 1. The number of sulfonamides is 1. The highest BCUT2D eigenvalue weighted by Crippen LogP contribution is 2.20. The zero-order valence-corrected chi connectivity index (χ0v) is 19.0. The number of hydrogen-bond acceptors (Lipinski definition) is 4. The van der Waals surface area contributed by atoms with Crippen LogP contribution in [0, 0.1) is 5.92 Å². The number of rotatable bonds is 11. The van der Waals surface area contributed by atoms with Gasteiger partial charge >= 0.3 is 0 Å². The van der Waals surface area contributed by atoms with E-state index in [2.05, 4.69) is 36.2 Å². The average Bonchev–Trinajstić information content (AvgIpc) is 2.73. The normalized spacial score (nSPS) is 19.2. The third-order valence-corrected chi connectivity index (χ3v) is 7.81. The van der Waals surface area contributed by atoms with Crippen LogP contribution in [-0.2, 0) is 21.2 Å². The summed E-state index contributed by atoms with van der Waals surface area (Å²) in [5.74, 6) is -0.126. The summed E-state index contributed by atoms with van der Waals surface area (Å²) in [6.45, 7) is 9.42. The number of benzene rings is 1. The van der Waals surface area contributed by atoms with Gasteiger partial charge in [-0.25, -0.2) is 12.7 Å². The van der Waals surface area contributed by atoms with Crippen LogP contribution in [0.1, 0.15) is 45.6 Å². The summed E-state index contributed by atoms with van der Waals surface area (Å²) in [6, 6.07) is 10.6. The molecule has 1 aliphatic rings. The monoisotopic (exact) mass is 423 g/mol. The molecule has 1 heterocycles. The molecule has 2 atom stereocenters. The molecule has 2 rings (SSSR count). The Morgan fingerprint density at radius 2 is 1.90 bits per heavy atom. The van der Waals surface area contributed by atoms with Crippen molar-refractivity contribution in [3.63, 3.8) is 0 Å². The van der Waals surface area contributed by atoms with E-state index in [4.69, 9.17) is 0 Å². The minimum absolute atomic E-state index is 0.0217. The number of hydrogen-bond donors (Lipinski definition) is 1. The second kappa shape index (κ2) is 11.7. The third-order valence-electron chi connectivity index (χ3n) is 5.77. The molecule has 1 saturated heterocycles. The molecule has 1 fully saturated rings. The summed E-state index contributed by atoms with van der Waals surface area (Å²) in [7, 11) is -3.25. The standard InChI is InChI=1S/C22H37N3O3S/c1-4-15-29(27,28)25-14-10-13-20(18-25)22(26)23-17-21(24(5-2)6-3)16-19-11-8-7-9-12-19/h7-9,11-12,20-21H,4-6,10,13-18H2,1-3H3,(H,23,26). The lowest BCUT2D eigenvalue weighted by Gasteiger charge is -2.33. The molecule has 0 saturated carbocycles. The molecule has 29 heavy (non-hydrogen) atoms. The predicted octanol–water partition coefficient (Wildman–Crippen LogP) is 2.51. The van der Waals surface area contributed by atoms with Gasteiger partial charge in [0.1, 0.15) is 0 Å². The number of nitrogens with one attached hydrogen (secondary N) is 1. The first-order valence-electron chi connectivity index (χ1n) is 10.9. The van der Waals surface area contributed by atoms with Gasteiger partial charge in [-0.2, -0.15) is 0 Å². The summed E-state index contributed by atoms with van der Waals surface area (Å²) in [5.41, 5.74) is 1.26. The van der Waals surface area contributed by atoms with E-state index in [1.54, 1.807) is 0 Å². The zero-order valence-electron chi connectivity index (χ0n) is 18.1. The molecule has 0 aliphatic carbocycles. The van der Waals surface area contributed by atoms with Crippen LogP contribution in [0.2, 0.25) is 0 Å². The molecule has 0 spiro atoms. The Labute approximate surface area is 176 Å². The number of carbonyl (C=O) groups is 1. The molecule has 0 aromatic heterocycles. The lowest BCUT2D eigenvalue weighted by Crippen LogP contribution is -2.49. The van der Waals surface area contributed by atoms with E-state index in [0.717, 1.165) is 32.4 Å². The van der Waals surface area contributed by atoms with Crippen molar-refractivity contribution in [2.45, 2.75) is 52.5 Å². The van der Waals surface area contributed by atoms with E-state index in [9.17, 15) is 13.2 Å². The first-order chi connectivity index (χ1) is 13.9. The molecule has 1 N–H and O–H groups in total. The van der Waals surface area contributed by atoms with Crippen molar-refractivity contribution in [3.05, 3.63) is 35.9 Å². The Morgan fingerprint density at radius 3 is 2.52 bits per heavy atom. The van der Waals surface area contributed by atoms with E-state index in [1.165, 1.54) is 9.87 Å². The van der Waals surface area contributed by atoms with Gasteiger partial charge in [-0.3, -0.25) is 9.69 Å². The van der Waals surface area contributed by atoms with Crippen molar-refractivity contribution in [1.82, 2.24) is 14.5 Å². The van der Waals surface area contributed by atoms with Gasteiger partial charge in [-0.05, 0) is 44.3 Å². The summed E-state index contributed by atoms with van der Waals surface area (Å²) in [6.07, 6.45) is 2.97. The number of carbonyl (C=O) groups excluding carboxylic acids is 1. The summed E-state index contributed by atoms with van der Waals surface area (Å²) >= 11 is 0. The fourth-order valence-electron chi connectivity index (χ4n) is 4.12.